The number of piperidine rings is 1. The van der Waals surface area contributed by atoms with Crippen molar-refractivity contribution < 1.29 is 14.3 Å². The van der Waals surface area contributed by atoms with E-state index in [1.807, 2.05) is 66.4 Å². The molecule has 32 heavy (non-hydrogen) atoms. The lowest BCUT2D eigenvalue weighted by molar-refractivity contribution is -0.150. The van der Waals surface area contributed by atoms with Crippen LogP contribution in [0, 0.1) is 5.92 Å². The zero-order valence-electron chi connectivity index (χ0n) is 18.2. The number of rotatable bonds is 6. The highest BCUT2D eigenvalue weighted by Crippen LogP contribution is 2.33. The molecule has 2 atom stereocenters. The number of hydrogen-bond donors (Lipinski definition) is 0. The third kappa shape index (κ3) is 5.19. The van der Waals surface area contributed by atoms with Gasteiger partial charge in [0.2, 0.25) is 0 Å². The fourth-order valence-electron chi connectivity index (χ4n) is 4.41. The number of hydrogen-bond acceptors (Lipinski definition) is 5. The number of esters is 1. The number of halogens is 1. The topological polar surface area (TPSA) is 62.2 Å². The molecule has 0 N–H and O–H groups in total. The molecule has 0 aliphatic carbocycles. The van der Waals surface area contributed by atoms with Crippen molar-refractivity contribution in [3.05, 3.63) is 70.7 Å². The van der Waals surface area contributed by atoms with Gasteiger partial charge in [0.25, 0.3) is 5.91 Å². The zero-order valence-corrected chi connectivity index (χ0v) is 19.0. The summed E-state index contributed by atoms with van der Waals surface area (Å²) in [5.41, 5.74) is 2.91. The standard InChI is InChI=1S/C25H28ClN3O3/c1-2-32-25(31)20-9-6-14-28(16-20)17-24(30)29-23(19-10-12-21(26)13-11-19)15-22(27-29)18-7-4-3-5-8-18/h3-5,7-8,10-13,20,23H,2,6,9,14-17H2,1H3/t20-,23+/m0/s1. The molecule has 0 bridgehead atoms. The summed E-state index contributed by atoms with van der Waals surface area (Å²) >= 11 is 6.08. The first-order valence-electron chi connectivity index (χ1n) is 11.1. The lowest BCUT2D eigenvalue weighted by atomic mass is 9.97. The second-order valence-corrected chi connectivity index (χ2v) is 8.69. The van der Waals surface area contributed by atoms with Gasteiger partial charge in [-0.2, -0.15) is 5.10 Å². The maximum absolute atomic E-state index is 13.4. The molecular weight excluding hydrogens is 426 g/mol. The SMILES string of the molecule is CCOC(=O)[C@H]1CCCN(CC(=O)N2N=C(c3ccccc3)C[C@@H]2c2ccc(Cl)cc2)C1. The van der Waals surface area contributed by atoms with E-state index < -0.39 is 0 Å². The Morgan fingerprint density at radius 1 is 1.12 bits per heavy atom. The van der Waals surface area contributed by atoms with E-state index in [0.717, 1.165) is 36.2 Å². The van der Waals surface area contributed by atoms with E-state index in [9.17, 15) is 9.59 Å². The van der Waals surface area contributed by atoms with Gasteiger partial charge in [0, 0.05) is 18.0 Å². The first-order chi connectivity index (χ1) is 15.5. The quantitative estimate of drug-likeness (QED) is 0.612. The van der Waals surface area contributed by atoms with Crippen molar-refractivity contribution in [3.63, 3.8) is 0 Å². The molecule has 0 radical (unpaired) electrons. The Hall–Kier alpha value is -2.70. The van der Waals surface area contributed by atoms with Gasteiger partial charge in [-0.3, -0.25) is 14.5 Å². The van der Waals surface area contributed by atoms with E-state index in [-0.39, 0.29) is 30.4 Å². The van der Waals surface area contributed by atoms with Crippen LogP contribution in [0.2, 0.25) is 5.02 Å². The van der Waals surface area contributed by atoms with Gasteiger partial charge < -0.3 is 4.74 Å². The van der Waals surface area contributed by atoms with E-state index in [1.165, 1.54) is 0 Å². The second-order valence-electron chi connectivity index (χ2n) is 8.25. The lowest BCUT2D eigenvalue weighted by Crippen LogP contribution is -2.44. The first-order valence-corrected chi connectivity index (χ1v) is 11.5. The summed E-state index contributed by atoms with van der Waals surface area (Å²) in [6.07, 6.45) is 2.32. The predicted molar refractivity (Wildman–Crippen MR) is 124 cm³/mol. The molecule has 6 nitrogen and oxygen atoms in total. The van der Waals surface area contributed by atoms with Crippen molar-refractivity contribution in [2.45, 2.75) is 32.2 Å². The largest absolute Gasteiger partial charge is 0.466 e. The van der Waals surface area contributed by atoms with Crippen LogP contribution in [0.5, 0.6) is 0 Å². The van der Waals surface area contributed by atoms with Crippen molar-refractivity contribution in [1.82, 2.24) is 9.91 Å². The lowest BCUT2D eigenvalue weighted by Gasteiger charge is -2.32. The van der Waals surface area contributed by atoms with Crippen molar-refractivity contribution in [3.8, 4) is 0 Å². The molecule has 168 valence electrons. The molecule has 2 aliphatic rings. The van der Waals surface area contributed by atoms with Gasteiger partial charge in [0.15, 0.2) is 0 Å². The van der Waals surface area contributed by atoms with Crippen LogP contribution in [0.25, 0.3) is 0 Å². The van der Waals surface area contributed by atoms with Crippen LogP contribution in [0.3, 0.4) is 0 Å². The molecule has 2 aromatic carbocycles. The molecule has 1 amide bonds. The summed E-state index contributed by atoms with van der Waals surface area (Å²) in [5.74, 6) is -0.417. The fourth-order valence-corrected chi connectivity index (χ4v) is 4.53. The number of ether oxygens (including phenoxy) is 1. The molecule has 0 saturated carbocycles. The second kappa shape index (κ2) is 10.3. The van der Waals surface area contributed by atoms with Crippen LogP contribution < -0.4 is 0 Å². The minimum Gasteiger partial charge on any atom is -0.466 e. The van der Waals surface area contributed by atoms with Crippen molar-refractivity contribution in [1.29, 1.82) is 0 Å². The highest BCUT2D eigenvalue weighted by molar-refractivity contribution is 6.30. The molecule has 0 unspecified atom stereocenters. The number of benzene rings is 2. The van der Waals surface area contributed by atoms with Crippen LogP contribution >= 0.6 is 11.6 Å². The van der Waals surface area contributed by atoms with Gasteiger partial charge in [-0.1, -0.05) is 54.1 Å². The van der Waals surface area contributed by atoms with E-state index in [0.29, 0.717) is 24.6 Å². The van der Waals surface area contributed by atoms with Gasteiger partial charge >= 0.3 is 5.97 Å². The van der Waals surface area contributed by atoms with Crippen LogP contribution in [0.4, 0.5) is 0 Å². The Morgan fingerprint density at radius 2 is 1.88 bits per heavy atom. The maximum atomic E-state index is 13.4. The van der Waals surface area contributed by atoms with Gasteiger partial charge in [-0.15, -0.1) is 0 Å². The minimum absolute atomic E-state index is 0.0691. The van der Waals surface area contributed by atoms with E-state index >= 15 is 0 Å². The number of amides is 1. The van der Waals surface area contributed by atoms with E-state index in [4.69, 9.17) is 21.4 Å². The van der Waals surface area contributed by atoms with E-state index in [1.54, 1.807) is 5.01 Å². The van der Waals surface area contributed by atoms with Crippen LogP contribution in [0.15, 0.2) is 59.7 Å². The summed E-state index contributed by atoms with van der Waals surface area (Å²) in [6.45, 7) is 3.75. The average Bonchev–Trinajstić information content (AvgIpc) is 3.26. The monoisotopic (exact) mass is 453 g/mol. The minimum atomic E-state index is -0.180. The molecule has 2 aromatic rings. The van der Waals surface area contributed by atoms with Crippen molar-refractivity contribution in [2.24, 2.45) is 11.0 Å². The average molecular weight is 454 g/mol. The van der Waals surface area contributed by atoms with Crippen LogP contribution in [-0.2, 0) is 14.3 Å². The molecule has 0 aromatic heterocycles. The van der Waals surface area contributed by atoms with Crippen molar-refractivity contribution >= 4 is 29.2 Å². The summed E-state index contributed by atoms with van der Waals surface area (Å²) < 4.78 is 5.19. The van der Waals surface area contributed by atoms with Gasteiger partial charge in [-0.25, -0.2) is 5.01 Å². The Balaban J connectivity index is 1.52. The van der Waals surface area contributed by atoms with Crippen LogP contribution in [0.1, 0.15) is 43.4 Å². The third-order valence-electron chi connectivity index (χ3n) is 6.01. The summed E-state index contributed by atoms with van der Waals surface area (Å²) in [4.78, 5) is 27.6. The molecule has 4 rings (SSSR count). The summed E-state index contributed by atoms with van der Waals surface area (Å²) in [7, 11) is 0. The van der Waals surface area contributed by atoms with E-state index in [2.05, 4.69) is 0 Å². The summed E-state index contributed by atoms with van der Waals surface area (Å²) in [5, 5.41) is 7.01. The number of likely N-dealkylation sites (tertiary alicyclic amines) is 1. The molecule has 2 heterocycles. The molecule has 1 saturated heterocycles. The highest BCUT2D eigenvalue weighted by atomic mass is 35.5. The predicted octanol–water partition coefficient (Wildman–Crippen LogP) is 4.29. The number of nitrogens with zero attached hydrogens (tertiary/aromatic N) is 3. The Bertz CT molecular complexity index is 978. The summed E-state index contributed by atoms with van der Waals surface area (Å²) in [6, 6.07) is 17.4. The van der Waals surface area contributed by atoms with Gasteiger partial charge in [0.05, 0.1) is 30.8 Å². The maximum Gasteiger partial charge on any atom is 0.310 e. The van der Waals surface area contributed by atoms with Crippen molar-refractivity contribution in [2.75, 3.05) is 26.2 Å². The zero-order chi connectivity index (χ0) is 22.5. The molecule has 0 spiro atoms. The molecule has 7 heteroatoms. The number of hydrazone groups is 1. The Labute approximate surface area is 193 Å². The third-order valence-corrected chi connectivity index (χ3v) is 6.26. The van der Waals surface area contributed by atoms with Gasteiger partial charge in [-0.05, 0) is 49.6 Å². The smallest absolute Gasteiger partial charge is 0.310 e. The normalized spacial score (nSPS) is 21.3. The first kappa shape index (κ1) is 22.5. The Morgan fingerprint density at radius 3 is 2.59 bits per heavy atom. The molecule has 2 aliphatic heterocycles. The molecule has 1 fully saturated rings. The van der Waals surface area contributed by atoms with Gasteiger partial charge in [0.1, 0.15) is 0 Å². The highest BCUT2D eigenvalue weighted by Gasteiger charge is 2.35. The number of carbonyl (C=O) groups excluding carboxylic acids is 2. The Kier molecular flexibility index (Phi) is 7.22. The fraction of sp³-hybridized carbons (Fsp3) is 0.400. The van der Waals surface area contributed by atoms with Crippen LogP contribution in [-0.4, -0.2) is 53.7 Å². The number of carbonyl (C=O) groups is 2. The molecular formula is C25H28ClN3O3.